The molecule has 1 heterocycles. The molecule has 1 amide bonds. The molecule has 0 saturated heterocycles. The monoisotopic (exact) mass is 624 g/mol. The number of sulfonamides is 1. The van der Waals surface area contributed by atoms with Gasteiger partial charge in [-0.25, -0.2) is 13.2 Å². The number of halogens is 1. The zero-order valence-corrected chi connectivity index (χ0v) is 25.1. The van der Waals surface area contributed by atoms with Gasteiger partial charge in [-0.2, -0.15) is 0 Å². The number of methoxy groups -OCH3 is 2. The topological polar surface area (TPSA) is 102 Å². The first-order valence-corrected chi connectivity index (χ1v) is 15.2. The fourth-order valence-electron chi connectivity index (χ4n) is 4.41. The number of carbonyl (C=O) groups excluding carboxylic acids is 2. The number of nitrogens with zero attached hydrogens (tertiary/aromatic N) is 2. The number of hydrogen-bond donors (Lipinski definition) is 0. The summed E-state index contributed by atoms with van der Waals surface area (Å²) in [5.41, 5.74) is 1.51. The average Bonchev–Trinajstić information content (AvgIpc) is 3.01. The molecule has 5 rings (SSSR count). The van der Waals surface area contributed by atoms with E-state index in [1.807, 2.05) is 48.5 Å². The zero-order valence-electron chi connectivity index (χ0n) is 22.7. The van der Waals surface area contributed by atoms with Gasteiger partial charge < -0.3 is 14.2 Å². The lowest BCUT2D eigenvalue weighted by molar-refractivity contribution is -0.121. The van der Waals surface area contributed by atoms with Gasteiger partial charge in [0, 0.05) is 22.9 Å². The fourth-order valence-corrected chi connectivity index (χ4v) is 6.95. The number of esters is 1. The van der Waals surface area contributed by atoms with Crippen LogP contribution >= 0.6 is 23.4 Å². The largest absolute Gasteiger partial charge is 0.495 e. The van der Waals surface area contributed by atoms with Crippen molar-refractivity contribution in [3.63, 3.8) is 0 Å². The van der Waals surface area contributed by atoms with E-state index in [9.17, 15) is 18.0 Å². The van der Waals surface area contributed by atoms with E-state index in [1.54, 1.807) is 11.8 Å². The molecular formula is C30H25ClN2O7S2. The molecule has 9 nitrogen and oxygen atoms in total. The number of ether oxygens (including phenoxy) is 3. The molecule has 0 atom stereocenters. The first-order valence-electron chi connectivity index (χ1n) is 12.5. The third-order valence-electron chi connectivity index (χ3n) is 6.53. The Kier molecular flexibility index (Phi) is 8.35. The van der Waals surface area contributed by atoms with Gasteiger partial charge in [0.1, 0.15) is 11.5 Å². The number of para-hydroxylation sites is 2. The number of carbonyl (C=O) groups is 2. The number of hydrogen-bond acceptors (Lipinski definition) is 8. The minimum absolute atomic E-state index is 0.0352. The van der Waals surface area contributed by atoms with Gasteiger partial charge in [0.15, 0.2) is 6.61 Å². The van der Waals surface area contributed by atoms with Crippen LogP contribution in [0.2, 0.25) is 5.02 Å². The highest BCUT2D eigenvalue weighted by Crippen LogP contribution is 2.48. The SMILES string of the molecule is COc1cc(OC)c(N(C)S(=O)(=O)c2cccc(C(=O)OCC(=O)N3c4ccccc4Sc4ccccc43)c2)cc1Cl. The highest BCUT2D eigenvalue weighted by atomic mass is 35.5. The summed E-state index contributed by atoms with van der Waals surface area (Å²) >= 11 is 7.79. The lowest BCUT2D eigenvalue weighted by Crippen LogP contribution is -2.32. The van der Waals surface area contributed by atoms with Crippen LogP contribution in [0.3, 0.4) is 0 Å². The zero-order chi connectivity index (χ0) is 30.0. The van der Waals surface area contributed by atoms with E-state index in [0.29, 0.717) is 17.1 Å². The molecule has 0 N–H and O–H groups in total. The summed E-state index contributed by atoms with van der Waals surface area (Å²) in [6.45, 7) is -0.551. The minimum Gasteiger partial charge on any atom is -0.495 e. The smallest absolute Gasteiger partial charge is 0.338 e. The summed E-state index contributed by atoms with van der Waals surface area (Å²) in [5, 5.41) is 0.190. The summed E-state index contributed by atoms with van der Waals surface area (Å²) in [7, 11) is 0.00205. The van der Waals surface area contributed by atoms with E-state index < -0.39 is 28.5 Å². The second kappa shape index (κ2) is 12.0. The Morgan fingerprint density at radius 1 is 0.857 bits per heavy atom. The van der Waals surface area contributed by atoms with E-state index in [1.165, 1.54) is 62.6 Å². The fraction of sp³-hybridized carbons (Fsp3) is 0.133. The van der Waals surface area contributed by atoms with Crippen LogP contribution in [0.25, 0.3) is 0 Å². The van der Waals surface area contributed by atoms with Crippen molar-refractivity contribution in [2.75, 3.05) is 37.1 Å². The lowest BCUT2D eigenvalue weighted by Gasteiger charge is -2.30. The number of rotatable bonds is 8. The molecule has 0 spiro atoms. The summed E-state index contributed by atoms with van der Waals surface area (Å²) in [4.78, 5) is 29.5. The van der Waals surface area contributed by atoms with Crippen molar-refractivity contribution in [2.24, 2.45) is 0 Å². The number of fused-ring (bicyclic) bond motifs is 2. The van der Waals surface area contributed by atoms with Crippen LogP contribution < -0.4 is 18.7 Å². The molecule has 12 heteroatoms. The van der Waals surface area contributed by atoms with Crippen LogP contribution in [0.4, 0.5) is 17.1 Å². The summed E-state index contributed by atoms with van der Waals surface area (Å²) < 4.78 is 44.0. The van der Waals surface area contributed by atoms with Crippen LogP contribution in [-0.2, 0) is 19.6 Å². The Balaban J connectivity index is 1.36. The van der Waals surface area contributed by atoms with Crippen molar-refractivity contribution in [3.05, 3.63) is 95.5 Å². The predicted octanol–water partition coefficient (Wildman–Crippen LogP) is 6.17. The maximum absolute atomic E-state index is 13.5. The maximum atomic E-state index is 13.5. The molecule has 4 aromatic rings. The van der Waals surface area contributed by atoms with Gasteiger partial charge in [0.05, 0.1) is 46.8 Å². The van der Waals surface area contributed by atoms with Crippen LogP contribution in [0.15, 0.2) is 99.6 Å². The van der Waals surface area contributed by atoms with Crippen molar-refractivity contribution in [3.8, 4) is 11.5 Å². The second-order valence-electron chi connectivity index (χ2n) is 9.00. The van der Waals surface area contributed by atoms with E-state index in [0.717, 1.165) is 14.1 Å². The van der Waals surface area contributed by atoms with E-state index >= 15 is 0 Å². The number of anilines is 3. The normalized spacial score (nSPS) is 12.1. The molecule has 0 unspecified atom stereocenters. The molecule has 42 heavy (non-hydrogen) atoms. The first-order chi connectivity index (χ1) is 20.1. The molecule has 0 fully saturated rings. The first kappa shape index (κ1) is 29.3. The molecule has 0 aromatic heterocycles. The lowest BCUT2D eigenvalue weighted by atomic mass is 10.2. The van der Waals surface area contributed by atoms with Crippen molar-refractivity contribution in [1.82, 2.24) is 0 Å². The molecule has 1 aliphatic heterocycles. The minimum atomic E-state index is -4.16. The van der Waals surface area contributed by atoms with Crippen LogP contribution in [0.5, 0.6) is 11.5 Å². The second-order valence-corrected chi connectivity index (χ2v) is 12.5. The quantitative estimate of drug-likeness (QED) is 0.215. The molecule has 4 aromatic carbocycles. The maximum Gasteiger partial charge on any atom is 0.338 e. The average molecular weight is 625 g/mol. The molecule has 216 valence electrons. The summed E-state index contributed by atoms with van der Waals surface area (Å²) in [6, 6.07) is 23.2. The Labute approximate surface area is 252 Å². The highest BCUT2D eigenvalue weighted by molar-refractivity contribution is 7.99. The Bertz CT molecular complexity index is 1750. The van der Waals surface area contributed by atoms with E-state index in [2.05, 4.69) is 0 Å². The number of benzene rings is 4. The van der Waals surface area contributed by atoms with Crippen molar-refractivity contribution in [2.45, 2.75) is 14.7 Å². The van der Waals surface area contributed by atoms with Crippen molar-refractivity contribution < 1.29 is 32.2 Å². The molecule has 0 bridgehead atoms. The van der Waals surface area contributed by atoms with Gasteiger partial charge >= 0.3 is 5.97 Å². The molecule has 0 saturated carbocycles. The Hall–Kier alpha value is -4.19. The standard InChI is InChI=1S/C30H25ClN2O7S2/c1-32(24-16-21(31)25(38-2)17-26(24)39-3)42(36,37)20-10-8-9-19(15-20)30(35)40-18-29(34)33-22-11-4-6-13-27(22)41-28-14-7-5-12-23(28)33/h4-17H,18H2,1-3H3. The van der Waals surface area contributed by atoms with Gasteiger partial charge in [-0.05, 0) is 48.5 Å². The van der Waals surface area contributed by atoms with Gasteiger partial charge in [-0.15, -0.1) is 0 Å². The van der Waals surface area contributed by atoms with E-state index in [-0.39, 0.29) is 26.9 Å². The van der Waals surface area contributed by atoms with Crippen LogP contribution in [0, 0.1) is 0 Å². The van der Waals surface area contributed by atoms with Gasteiger partial charge in [-0.3, -0.25) is 14.0 Å². The summed E-state index contributed by atoms with van der Waals surface area (Å²) in [5.74, 6) is -0.759. The molecular weight excluding hydrogens is 600 g/mol. The third kappa shape index (κ3) is 5.50. The predicted molar refractivity (Wildman–Crippen MR) is 161 cm³/mol. The molecule has 0 aliphatic carbocycles. The van der Waals surface area contributed by atoms with Crippen molar-refractivity contribution >= 4 is 62.3 Å². The van der Waals surface area contributed by atoms with Gasteiger partial charge in [-0.1, -0.05) is 53.7 Å². The van der Waals surface area contributed by atoms with Gasteiger partial charge in [0.2, 0.25) is 0 Å². The van der Waals surface area contributed by atoms with Crippen LogP contribution in [-0.4, -0.2) is 48.2 Å². The van der Waals surface area contributed by atoms with Crippen LogP contribution in [0.1, 0.15) is 10.4 Å². The molecule has 0 radical (unpaired) electrons. The number of amides is 1. The molecule has 1 aliphatic rings. The van der Waals surface area contributed by atoms with Gasteiger partial charge in [0.25, 0.3) is 15.9 Å². The third-order valence-corrected chi connectivity index (χ3v) is 9.72. The Morgan fingerprint density at radius 3 is 2.10 bits per heavy atom. The summed E-state index contributed by atoms with van der Waals surface area (Å²) in [6.07, 6.45) is 0. The highest BCUT2D eigenvalue weighted by Gasteiger charge is 2.29. The van der Waals surface area contributed by atoms with Crippen molar-refractivity contribution in [1.29, 1.82) is 0 Å². The van der Waals surface area contributed by atoms with E-state index in [4.69, 9.17) is 25.8 Å². The Morgan fingerprint density at radius 2 is 1.48 bits per heavy atom.